The van der Waals surface area contributed by atoms with Gasteiger partial charge >= 0.3 is 0 Å². The lowest BCUT2D eigenvalue weighted by molar-refractivity contribution is -0.0329. The van der Waals surface area contributed by atoms with Crippen LogP contribution in [0.25, 0.3) is 0 Å². The molecule has 86 valence electrons. The minimum absolute atomic E-state index is 0.104. The molecule has 14 heavy (non-hydrogen) atoms. The molecule has 0 saturated carbocycles. The first-order valence-electron chi connectivity index (χ1n) is 5.69. The Balaban J connectivity index is 4.80. The highest BCUT2D eigenvalue weighted by molar-refractivity contribution is 4.95. The van der Waals surface area contributed by atoms with Gasteiger partial charge in [0.1, 0.15) is 0 Å². The summed E-state index contributed by atoms with van der Waals surface area (Å²) in [5.41, 5.74) is -0.00924. The monoisotopic (exact) mass is 201 g/mol. The van der Waals surface area contributed by atoms with Gasteiger partial charge in [0.25, 0.3) is 0 Å². The van der Waals surface area contributed by atoms with Crippen molar-refractivity contribution in [2.45, 2.75) is 53.5 Å². The zero-order valence-electron chi connectivity index (χ0n) is 10.7. The Hall–Kier alpha value is -0.0800. The summed E-state index contributed by atoms with van der Waals surface area (Å²) in [6.45, 7) is 15.4. The van der Waals surface area contributed by atoms with Crippen LogP contribution in [0.5, 0.6) is 0 Å². The van der Waals surface area contributed by atoms with Gasteiger partial charge in [0.15, 0.2) is 0 Å². The van der Waals surface area contributed by atoms with Gasteiger partial charge in [-0.25, -0.2) is 0 Å². The minimum atomic E-state index is -0.113. The first-order valence-corrected chi connectivity index (χ1v) is 5.69. The largest absolute Gasteiger partial charge is 0.394 e. The van der Waals surface area contributed by atoms with Crippen LogP contribution in [-0.2, 0) is 0 Å². The Kier molecular flexibility index (Phi) is 5.10. The summed E-state index contributed by atoms with van der Waals surface area (Å²) < 4.78 is 0. The SMILES string of the molecule is CCCN(CC)C(C)(CO)C(C)(C)C. The summed E-state index contributed by atoms with van der Waals surface area (Å²) in [5, 5.41) is 9.61. The minimum Gasteiger partial charge on any atom is -0.394 e. The van der Waals surface area contributed by atoms with E-state index >= 15 is 0 Å². The van der Waals surface area contributed by atoms with Gasteiger partial charge in [-0.05, 0) is 31.8 Å². The van der Waals surface area contributed by atoms with Crippen molar-refractivity contribution in [3.8, 4) is 0 Å². The van der Waals surface area contributed by atoms with Crippen LogP contribution in [-0.4, -0.2) is 35.2 Å². The van der Waals surface area contributed by atoms with Gasteiger partial charge in [0, 0.05) is 5.54 Å². The zero-order chi connectivity index (χ0) is 11.4. The van der Waals surface area contributed by atoms with Gasteiger partial charge in [0.05, 0.1) is 6.61 Å². The fourth-order valence-electron chi connectivity index (χ4n) is 1.84. The van der Waals surface area contributed by atoms with E-state index in [9.17, 15) is 5.11 Å². The van der Waals surface area contributed by atoms with Crippen LogP contribution in [0.15, 0.2) is 0 Å². The Morgan fingerprint density at radius 3 is 1.79 bits per heavy atom. The van der Waals surface area contributed by atoms with Crippen molar-refractivity contribution in [3.05, 3.63) is 0 Å². The molecule has 1 atom stereocenters. The maximum absolute atomic E-state index is 9.61. The maximum atomic E-state index is 9.61. The lowest BCUT2D eigenvalue weighted by Crippen LogP contribution is -2.57. The van der Waals surface area contributed by atoms with Gasteiger partial charge in [-0.15, -0.1) is 0 Å². The third kappa shape index (κ3) is 2.71. The van der Waals surface area contributed by atoms with E-state index in [-0.39, 0.29) is 17.6 Å². The van der Waals surface area contributed by atoms with Gasteiger partial charge in [-0.3, -0.25) is 4.90 Å². The highest BCUT2D eigenvalue weighted by Gasteiger charge is 2.40. The van der Waals surface area contributed by atoms with Crippen LogP contribution >= 0.6 is 0 Å². The van der Waals surface area contributed by atoms with Crippen LogP contribution < -0.4 is 0 Å². The number of aliphatic hydroxyl groups excluding tert-OH is 1. The van der Waals surface area contributed by atoms with Crippen LogP contribution in [0.2, 0.25) is 0 Å². The summed E-state index contributed by atoms with van der Waals surface area (Å²) in [4.78, 5) is 2.38. The molecule has 0 aliphatic heterocycles. The van der Waals surface area contributed by atoms with Crippen molar-refractivity contribution in [3.63, 3.8) is 0 Å². The average molecular weight is 201 g/mol. The standard InChI is InChI=1S/C12H27NO/c1-7-9-13(8-2)12(6,10-14)11(3,4)5/h14H,7-10H2,1-6H3. The Morgan fingerprint density at radius 2 is 1.57 bits per heavy atom. The van der Waals surface area contributed by atoms with Crippen LogP contribution in [0.3, 0.4) is 0 Å². The van der Waals surface area contributed by atoms with E-state index in [1.807, 2.05) is 0 Å². The number of hydrogen-bond donors (Lipinski definition) is 1. The van der Waals surface area contributed by atoms with Crippen LogP contribution in [0.1, 0.15) is 48.0 Å². The molecule has 0 aromatic carbocycles. The summed E-state index contributed by atoms with van der Waals surface area (Å²) in [6, 6.07) is 0. The number of aliphatic hydroxyl groups is 1. The Labute approximate surface area is 89.3 Å². The number of rotatable bonds is 5. The summed E-state index contributed by atoms with van der Waals surface area (Å²) >= 11 is 0. The van der Waals surface area contributed by atoms with Crippen LogP contribution in [0, 0.1) is 5.41 Å². The second kappa shape index (κ2) is 5.13. The van der Waals surface area contributed by atoms with E-state index in [1.165, 1.54) is 0 Å². The molecule has 0 heterocycles. The number of hydrogen-bond acceptors (Lipinski definition) is 2. The predicted molar refractivity (Wildman–Crippen MR) is 62.5 cm³/mol. The molecule has 0 radical (unpaired) electrons. The van der Waals surface area contributed by atoms with E-state index in [0.29, 0.717) is 0 Å². The van der Waals surface area contributed by atoms with Crippen molar-refractivity contribution >= 4 is 0 Å². The first-order chi connectivity index (χ1) is 6.33. The second-order valence-corrected chi connectivity index (χ2v) is 5.26. The molecule has 1 unspecified atom stereocenters. The van der Waals surface area contributed by atoms with Crippen molar-refractivity contribution in [2.24, 2.45) is 5.41 Å². The van der Waals surface area contributed by atoms with Gasteiger partial charge in [-0.2, -0.15) is 0 Å². The smallest absolute Gasteiger partial charge is 0.0617 e. The summed E-state index contributed by atoms with van der Waals surface area (Å²) in [5.74, 6) is 0. The van der Waals surface area contributed by atoms with Crippen molar-refractivity contribution < 1.29 is 5.11 Å². The molecule has 0 aromatic heterocycles. The topological polar surface area (TPSA) is 23.5 Å². The van der Waals surface area contributed by atoms with E-state index in [1.54, 1.807) is 0 Å². The molecule has 0 aliphatic rings. The fraction of sp³-hybridized carbons (Fsp3) is 1.00. The molecular formula is C12H27NO. The molecule has 0 bridgehead atoms. The lowest BCUT2D eigenvalue weighted by atomic mass is 9.74. The second-order valence-electron chi connectivity index (χ2n) is 5.26. The quantitative estimate of drug-likeness (QED) is 0.739. The Bertz CT molecular complexity index is 162. The van der Waals surface area contributed by atoms with E-state index < -0.39 is 0 Å². The van der Waals surface area contributed by atoms with E-state index in [2.05, 4.69) is 46.4 Å². The molecule has 0 spiro atoms. The van der Waals surface area contributed by atoms with Gasteiger partial charge in [0.2, 0.25) is 0 Å². The molecule has 2 heteroatoms. The van der Waals surface area contributed by atoms with Crippen molar-refractivity contribution in [2.75, 3.05) is 19.7 Å². The third-order valence-electron chi connectivity index (χ3n) is 3.50. The molecule has 1 N–H and O–H groups in total. The molecule has 0 saturated heterocycles. The van der Waals surface area contributed by atoms with Gasteiger partial charge in [-0.1, -0.05) is 34.6 Å². The molecule has 0 aromatic rings. The third-order valence-corrected chi connectivity index (χ3v) is 3.50. The zero-order valence-corrected chi connectivity index (χ0v) is 10.7. The fourth-order valence-corrected chi connectivity index (χ4v) is 1.84. The van der Waals surface area contributed by atoms with E-state index in [4.69, 9.17) is 0 Å². The molecule has 0 fully saturated rings. The maximum Gasteiger partial charge on any atom is 0.0617 e. The highest BCUT2D eigenvalue weighted by atomic mass is 16.3. The molecule has 0 aliphatic carbocycles. The van der Waals surface area contributed by atoms with Gasteiger partial charge < -0.3 is 5.11 Å². The average Bonchev–Trinajstić information content (AvgIpc) is 2.11. The lowest BCUT2D eigenvalue weighted by Gasteiger charge is -2.48. The first kappa shape index (κ1) is 13.9. The van der Waals surface area contributed by atoms with E-state index in [0.717, 1.165) is 19.5 Å². The number of nitrogens with zero attached hydrogens (tertiary/aromatic N) is 1. The normalized spacial score (nSPS) is 17.1. The summed E-state index contributed by atoms with van der Waals surface area (Å²) in [6.07, 6.45) is 1.14. The molecule has 2 nitrogen and oxygen atoms in total. The van der Waals surface area contributed by atoms with Crippen molar-refractivity contribution in [1.82, 2.24) is 4.90 Å². The van der Waals surface area contributed by atoms with Crippen LogP contribution in [0.4, 0.5) is 0 Å². The predicted octanol–water partition coefficient (Wildman–Crippen LogP) is 2.52. The Morgan fingerprint density at radius 1 is 1.07 bits per heavy atom. The molecule has 0 amide bonds. The highest BCUT2D eigenvalue weighted by Crippen LogP contribution is 2.35. The summed E-state index contributed by atoms with van der Waals surface area (Å²) in [7, 11) is 0. The molecule has 0 rings (SSSR count). The molecular weight excluding hydrogens is 174 g/mol. The number of likely N-dealkylation sites (N-methyl/N-ethyl adjacent to an activating group) is 1. The van der Waals surface area contributed by atoms with Crippen molar-refractivity contribution in [1.29, 1.82) is 0 Å².